The molecule has 0 N–H and O–H groups in total. The molecular formula is C27H23Cl3FN3O. The van der Waals surface area contributed by atoms with Gasteiger partial charge in [0.15, 0.2) is 0 Å². The Morgan fingerprint density at radius 2 is 1.71 bits per heavy atom. The van der Waals surface area contributed by atoms with Crippen LogP contribution in [0.15, 0.2) is 66.6 Å². The van der Waals surface area contributed by atoms with Crippen LogP contribution >= 0.6 is 34.8 Å². The van der Waals surface area contributed by atoms with E-state index in [0.29, 0.717) is 22.2 Å². The standard InChI is InChI=1S/C27H23Cl3FN3O/c28-20-3-1-18(2-4-20)13-22(31)16-33-11-8-27(9-12-33)17-34(24-6-5-21(29)15-23(24)27)26(35)19-7-10-32-25(30)14-19/h1-7,10,13-15H,8-9,11-12,16-17H2/b22-13+. The molecule has 3 heterocycles. The molecule has 2 aliphatic rings. The summed E-state index contributed by atoms with van der Waals surface area (Å²) in [4.78, 5) is 21.3. The van der Waals surface area contributed by atoms with Crippen LogP contribution in [0.25, 0.3) is 6.08 Å². The molecule has 1 aromatic heterocycles. The fourth-order valence-corrected chi connectivity index (χ4v) is 5.55. The van der Waals surface area contributed by atoms with Gasteiger partial charge in [-0.25, -0.2) is 9.37 Å². The van der Waals surface area contributed by atoms with Crippen LogP contribution in [0.3, 0.4) is 0 Å². The van der Waals surface area contributed by atoms with Gasteiger partial charge in [-0.1, -0.05) is 46.9 Å². The topological polar surface area (TPSA) is 36.4 Å². The summed E-state index contributed by atoms with van der Waals surface area (Å²) in [5.74, 6) is -0.307. The average molecular weight is 531 g/mol. The van der Waals surface area contributed by atoms with Gasteiger partial charge in [-0.15, -0.1) is 0 Å². The van der Waals surface area contributed by atoms with Crippen LogP contribution < -0.4 is 4.90 Å². The second-order valence-corrected chi connectivity index (χ2v) is 10.4. The van der Waals surface area contributed by atoms with Crippen LogP contribution in [0.1, 0.15) is 34.3 Å². The van der Waals surface area contributed by atoms with Gasteiger partial charge >= 0.3 is 0 Å². The zero-order valence-corrected chi connectivity index (χ0v) is 21.1. The van der Waals surface area contributed by atoms with Crippen molar-refractivity contribution in [1.82, 2.24) is 9.88 Å². The van der Waals surface area contributed by atoms with Crippen LogP contribution in [0.4, 0.5) is 10.1 Å². The minimum absolute atomic E-state index is 0.117. The van der Waals surface area contributed by atoms with Crippen LogP contribution in [-0.2, 0) is 5.41 Å². The third kappa shape index (κ3) is 5.10. The molecule has 0 aliphatic carbocycles. The summed E-state index contributed by atoms with van der Waals surface area (Å²) in [6.07, 6.45) is 4.69. The lowest BCUT2D eigenvalue weighted by molar-refractivity contribution is 0.0977. The molecule has 1 saturated heterocycles. The van der Waals surface area contributed by atoms with Gasteiger partial charge < -0.3 is 4.90 Å². The maximum atomic E-state index is 14.7. The molecule has 35 heavy (non-hydrogen) atoms. The number of aromatic nitrogens is 1. The van der Waals surface area contributed by atoms with E-state index in [1.165, 1.54) is 6.20 Å². The lowest BCUT2D eigenvalue weighted by Crippen LogP contribution is -2.46. The molecule has 0 unspecified atom stereocenters. The minimum atomic E-state index is -0.223. The number of carbonyl (C=O) groups is 1. The first-order valence-electron chi connectivity index (χ1n) is 11.4. The first-order valence-corrected chi connectivity index (χ1v) is 12.5. The van der Waals surface area contributed by atoms with E-state index in [1.54, 1.807) is 42.5 Å². The van der Waals surface area contributed by atoms with Crippen molar-refractivity contribution in [2.45, 2.75) is 18.3 Å². The SMILES string of the molecule is O=C(c1ccnc(Cl)c1)N1CC2(CCN(C/C(F)=C\c3ccc(Cl)cc3)CC2)c2cc(Cl)ccc21. The van der Waals surface area contributed by atoms with Gasteiger partial charge in [0.1, 0.15) is 11.0 Å². The Hall–Kier alpha value is -2.44. The van der Waals surface area contributed by atoms with Crippen LogP contribution in [0.2, 0.25) is 15.2 Å². The summed E-state index contributed by atoms with van der Waals surface area (Å²) < 4.78 is 14.7. The monoisotopic (exact) mass is 529 g/mol. The number of pyridine rings is 1. The molecular weight excluding hydrogens is 508 g/mol. The zero-order valence-electron chi connectivity index (χ0n) is 18.9. The predicted octanol–water partition coefficient (Wildman–Crippen LogP) is 7.05. The number of nitrogens with zero attached hydrogens (tertiary/aromatic N) is 3. The Balaban J connectivity index is 1.33. The second kappa shape index (κ2) is 9.90. The van der Waals surface area contributed by atoms with Crippen LogP contribution in [-0.4, -0.2) is 42.0 Å². The normalized spacial score (nSPS) is 17.6. The fraction of sp³-hybridized carbons (Fsp3) is 0.259. The molecule has 8 heteroatoms. The van der Waals surface area contributed by atoms with Crippen molar-refractivity contribution in [1.29, 1.82) is 0 Å². The van der Waals surface area contributed by atoms with Crippen LogP contribution in [0, 0.1) is 0 Å². The Morgan fingerprint density at radius 3 is 2.43 bits per heavy atom. The van der Waals surface area contributed by atoms with Gasteiger partial charge in [-0.05, 0) is 85.6 Å². The van der Waals surface area contributed by atoms with Crippen molar-refractivity contribution in [3.05, 3.63) is 98.5 Å². The van der Waals surface area contributed by atoms with E-state index in [4.69, 9.17) is 34.8 Å². The lowest BCUT2D eigenvalue weighted by atomic mass is 9.74. The number of halogens is 4. The lowest BCUT2D eigenvalue weighted by Gasteiger charge is -2.39. The highest BCUT2D eigenvalue weighted by Crippen LogP contribution is 2.48. The van der Waals surface area contributed by atoms with Gasteiger partial charge in [0.2, 0.25) is 0 Å². The summed E-state index contributed by atoms with van der Waals surface area (Å²) in [7, 11) is 0. The van der Waals surface area contributed by atoms with Crippen molar-refractivity contribution < 1.29 is 9.18 Å². The number of amides is 1. The number of hydrogen-bond acceptors (Lipinski definition) is 3. The maximum absolute atomic E-state index is 14.7. The average Bonchev–Trinajstić information content (AvgIpc) is 3.15. The second-order valence-electron chi connectivity index (χ2n) is 9.12. The third-order valence-corrected chi connectivity index (χ3v) is 7.58. The highest BCUT2D eigenvalue weighted by Gasteiger charge is 2.46. The van der Waals surface area contributed by atoms with E-state index >= 15 is 0 Å². The molecule has 1 fully saturated rings. The van der Waals surface area contributed by atoms with E-state index in [2.05, 4.69) is 9.88 Å². The molecule has 1 spiro atoms. The quantitative estimate of drug-likeness (QED) is 0.339. The highest BCUT2D eigenvalue weighted by atomic mass is 35.5. The predicted molar refractivity (Wildman–Crippen MR) is 140 cm³/mol. The highest BCUT2D eigenvalue weighted by molar-refractivity contribution is 6.31. The first-order chi connectivity index (χ1) is 16.8. The number of anilines is 1. The minimum Gasteiger partial charge on any atom is -0.307 e. The molecule has 1 amide bonds. The molecule has 3 aromatic rings. The largest absolute Gasteiger partial charge is 0.307 e. The summed E-state index contributed by atoms with van der Waals surface area (Å²) in [5, 5.41) is 1.55. The summed E-state index contributed by atoms with van der Waals surface area (Å²) in [5.41, 5.74) is 3.00. The molecule has 0 saturated carbocycles. The summed E-state index contributed by atoms with van der Waals surface area (Å²) in [6, 6.07) is 16.1. The number of likely N-dealkylation sites (tertiary alicyclic amines) is 1. The number of hydrogen-bond donors (Lipinski definition) is 0. The van der Waals surface area contributed by atoms with Gasteiger partial charge in [0.05, 0.1) is 6.54 Å². The summed E-state index contributed by atoms with van der Waals surface area (Å²) in [6.45, 7) is 2.24. The third-order valence-electron chi connectivity index (χ3n) is 6.88. The Bertz CT molecular complexity index is 1290. The van der Waals surface area contributed by atoms with E-state index in [0.717, 1.165) is 42.7 Å². The molecule has 2 aromatic carbocycles. The van der Waals surface area contributed by atoms with E-state index in [9.17, 15) is 9.18 Å². The van der Waals surface area contributed by atoms with Crippen LogP contribution in [0.5, 0.6) is 0 Å². The Labute approximate surface area is 218 Å². The molecule has 4 nitrogen and oxygen atoms in total. The number of rotatable bonds is 4. The van der Waals surface area contributed by atoms with Crippen molar-refractivity contribution >= 4 is 52.5 Å². The fourth-order valence-electron chi connectivity index (χ4n) is 5.08. The zero-order chi connectivity index (χ0) is 24.6. The smallest absolute Gasteiger partial charge is 0.258 e. The first kappa shape index (κ1) is 24.3. The van der Waals surface area contributed by atoms with Crippen molar-refractivity contribution in [2.75, 3.05) is 31.1 Å². The number of benzene rings is 2. The van der Waals surface area contributed by atoms with E-state index < -0.39 is 0 Å². The Kier molecular flexibility index (Phi) is 6.86. The van der Waals surface area contributed by atoms with Crippen molar-refractivity contribution in [3.63, 3.8) is 0 Å². The van der Waals surface area contributed by atoms with E-state index in [-0.39, 0.29) is 28.8 Å². The van der Waals surface area contributed by atoms with Gasteiger partial charge in [0, 0.05) is 39.5 Å². The van der Waals surface area contributed by atoms with Gasteiger partial charge in [0.25, 0.3) is 5.91 Å². The number of fused-ring (bicyclic) bond motifs is 2. The molecule has 5 rings (SSSR count). The molecule has 0 atom stereocenters. The van der Waals surface area contributed by atoms with Gasteiger partial charge in [-0.3, -0.25) is 9.69 Å². The van der Waals surface area contributed by atoms with Crippen molar-refractivity contribution in [2.24, 2.45) is 0 Å². The maximum Gasteiger partial charge on any atom is 0.258 e. The summed E-state index contributed by atoms with van der Waals surface area (Å²) >= 11 is 18.3. The molecule has 0 bridgehead atoms. The van der Waals surface area contributed by atoms with Crippen molar-refractivity contribution in [3.8, 4) is 0 Å². The Morgan fingerprint density at radius 1 is 1.00 bits per heavy atom. The van der Waals surface area contributed by atoms with Gasteiger partial charge in [-0.2, -0.15) is 0 Å². The molecule has 0 radical (unpaired) electrons. The number of carbonyl (C=O) groups excluding carboxylic acids is 1. The molecule has 180 valence electrons. The molecule has 2 aliphatic heterocycles. The number of piperidine rings is 1. The van der Waals surface area contributed by atoms with E-state index in [1.807, 2.05) is 23.1 Å².